The first-order chi connectivity index (χ1) is 11.1. The molecule has 0 saturated heterocycles. The molecule has 3 aromatic rings. The zero-order valence-electron chi connectivity index (χ0n) is 12.7. The lowest BCUT2D eigenvalue weighted by Gasteiger charge is -2.08. The molecule has 0 aliphatic carbocycles. The number of aryl methyl sites for hydroxylation is 1. The van der Waals surface area contributed by atoms with Crippen LogP contribution in [0.3, 0.4) is 0 Å². The maximum atomic E-state index is 10.6. The molecule has 0 aliphatic rings. The van der Waals surface area contributed by atoms with Crippen molar-refractivity contribution in [2.75, 3.05) is 11.9 Å². The van der Waals surface area contributed by atoms with E-state index in [0.29, 0.717) is 18.8 Å². The molecule has 6 heteroatoms. The number of carboxylic acid groups (broad SMARTS) is 1. The minimum Gasteiger partial charge on any atom is -0.481 e. The van der Waals surface area contributed by atoms with Crippen molar-refractivity contribution in [2.24, 2.45) is 0 Å². The molecule has 0 radical (unpaired) electrons. The molecular formula is C17H17N3O2S. The van der Waals surface area contributed by atoms with Gasteiger partial charge in [0.05, 0.1) is 5.39 Å². The van der Waals surface area contributed by atoms with Gasteiger partial charge in [-0.25, -0.2) is 9.97 Å². The lowest BCUT2D eigenvalue weighted by Crippen LogP contribution is -2.07. The molecule has 1 aromatic carbocycles. The predicted octanol–water partition coefficient (Wildman–Crippen LogP) is 3.94. The van der Waals surface area contributed by atoms with E-state index in [4.69, 9.17) is 5.11 Å². The van der Waals surface area contributed by atoms with Crippen molar-refractivity contribution >= 4 is 33.3 Å². The molecule has 2 aromatic heterocycles. The highest BCUT2D eigenvalue weighted by atomic mass is 32.1. The number of carbonyl (C=O) groups is 1. The van der Waals surface area contributed by atoms with Gasteiger partial charge in [0.15, 0.2) is 5.82 Å². The Morgan fingerprint density at radius 1 is 1.26 bits per heavy atom. The van der Waals surface area contributed by atoms with Crippen LogP contribution < -0.4 is 5.32 Å². The van der Waals surface area contributed by atoms with Crippen LogP contribution in [-0.4, -0.2) is 27.6 Å². The van der Waals surface area contributed by atoms with Crippen molar-refractivity contribution in [3.8, 4) is 11.4 Å². The van der Waals surface area contributed by atoms with E-state index in [0.717, 1.165) is 21.6 Å². The Balaban J connectivity index is 1.92. The summed E-state index contributed by atoms with van der Waals surface area (Å²) in [6, 6.07) is 11.9. The number of anilines is 1. The molecule has 2 heterocycles. The maximum Gasteiger partial charge on any atom is 0.303 e. The van der Waals surface area contributed by atoms with E-state index in [1.54, 1.807) is 11.3 Å². The van der Waals surface area contributed by atoms with Gasteiger partial charge in [-0.15, -0.1) is 11.3 Å². The molecule has 0 aliphatic heterocycles. The number of aromatic nitrogens is 2. The number of hydrogen-bond acceptors (Lipinski definition) is 5. The van der Waals surface area contributed by atoms with E-state index in [1.807, 2.05) is 37.3 Å². The summed E-state index contributed by atoms with van der Waals surface area (Å²) in [4.78, 5) is 22.0. The fourth-order valence-electron chi connectivity index (χ4n) is 2.34. The molecule has 0 fully saturated rings. The number of nitrogens with one attached hydrogen (secondary N) is 1. The van der Waals surface area contributed by atoms with E-state index >= 15 is 0 Å². The van der Waals surface area contributed by atoms with E-state index in [1.165, 1.54) is 4.88 Å². The number of fused-ring (bicyclic) bond motifs is 1. The first-order valence-corrected chi connectivity index (χ1v) is 8.24. The second kappa shape index (κ2) is 6.75. The highest BCUT2D eigenvalue weighted by Gasteiger charge is 2.11. The first-order valence-electron chi connectivity index (χ1n) is 7.43. The maximum absolute atomic E-state index is 10.6. The van der Waals surface area contributed by atoms with E-state index in [9.17, 15) is 4.79 Å². The molecule has 5 nitrogen and oxygen atoms in total. The van der Waals surface area contributed by atoms with Gasteiger partial charge in [0.1, 0.15) is 10.6 Å². The highest BCUT2D eigenvalue weighted by molar-refractivity contribution is 7.18. The Morgan fingerprint density at radius 2 is 2.04 bits per heavy atom. The van der Waals surface area contributed by atoms with Gasteiger partial charge in [-0.1, -0.05) is 30.3 Å². The van der Waals surface area contributed by atoms with Gasteiger partial charge in [-0.05, 0) is 19.4 Å². The molecule has 118 valence electrons. The molecule has 0 saturated carbocycles. The van der Waals surface area contributed by atoms with Crippen LogP contribution in [0.25, 0.3) is 21.6 Å². The standard InChI is InChI=1S/C17H17N3O2S/c1-11-10-13-16(18-9-5-8-14(21)22)19-15(20-17(13)23-11)12-6-3-2-4-7-12/h2-4,6-7,10H,5,8-9H2,1H3,(H,21,22)(H,18,19,20). The number of carboxylic acids is 1. The first kappa shape index (κ1) is 15.4. The van der Waals surface area contributed by atoms with Gasteiger partial charge in [-0.3, -0.25) is 4.79 Å². The highest BCUT2D eigenvalue weighted by Crippen LogP contribution is 2.30. The lowest BCUT2D eigenvalue weighted by atomic mass is 10.2. The van der Waals surface area contributed by atoms with Gasteiger partial charge >= 0.3 is 5.97 Å². The number of nitrogens with zero attached hydrogens (tertiary/aromatic N) is 2. The summed E-state index contributed by atoms with van der Waals surface area (Å²) in [7, 11) is 0. The third-order valence-corrected chi connectivity index (χ3v) is 4.35. The number of benzene rings is 1. The largest absolute Gasteiger partial charge is 0.481 e. The third-order valence-electron chi connectivity index (χ3n) is 3.41. The van der Waals surface area contributed by atoms with Gasteiger partial charge < -0.3 is 10.4 Å². The Kier molecular flexibility index (Phi) is 4.52. The van der Waals surface area contributed by atoms with Crippen LogP contribution in [0.5, 0.6) is 0 Å². The SMILES string of the molecule is Cc1cc2c(NCCCC(=O)O)nc(-c3ccccc3)nc2s1. The van der Waals surface area contributed by atoms with Crippen LogP contribution in [0, 0.1) is 6.92 Å². The lowest BCUT2D eigenvalue weighted by molar-refractivity contribution is -0.137. The second-order valence-corrected chi connectivity index (χ2v) is 6.50. The van der Waals surface area contributed by atoms with Crippen molar-refractivity contribution < 1.29 is 9.90 Å². The Bertz CT molecular complexity index is 830. The fraction of sp³-hybridized carbons (Fsp3) is 0.235. The molecule has 23 heavy (non-hydrogen) atoms. The smallest absolute Gasteiger partial charge is 0.303 e. The Labute approximate surface area is 138 Å². The topological polar surface area (TPSA) is 75.1 Å². The zero-order chi connectivity index (χ0) is 16.2. The second-order valence-electron chi connectivity index (χ2n) is 5.26. The molecule has 0 atom stereocenters. The summed E-state index contributed by atoms with van der Waals surface area (Å²) >= 11 is 1.63. The van der Waals surface area contributed by atoms with Crippen LogP contribution in [-0.2, 0) is 4.79 Å². The van der Waals surface area contributed by atoms with Crippen molar-refractivity contribution in [1.82, 2.24) is 9.97 Å². The monoisotopic (exact) mass is 327 g/mol. The number of rotatable bonds is 6. The van der Waals surface area contributed by atoms with Gasteiger partial charge in [0.2, 0.25) is 0 Å². The van der Waals surface area contributed by atoms with Crippen LogP contribution >= 0.6 is 11.3 Å². The molecule has 2 N–H and O–H groups in total. The third kappa shape index (κ3) is 3.65. The molecule has 0 bridgehead atoms. The van der Waals surface area contributed by atoms with Crippen molar-refractivity contribution in [2.45, 2.75) is 19.8 Å². The average molecular weight is 327 g/mol. The quantitative estimate of drug-likeness (QED) is 0.671. The molecular weight excluding hydrogens is 310 g/mol. The summed E-state index contributed by atoms with van der Waals surface area (Å²) in [6.07, 6.45) is 0.708. The van der Waals surface area contributed by atoms with Crippen LogP contribution in [0.15, 0.2) is 36.4 Å². The molecule has 0 unspecified atom stereocenters. The summed E-state index contributed by atoms with van der Waals surface area (Å²) < 4.78 is 0. The number of hydrogen-bond donors (Lipinski definition) is 2. The number of aliphatic carboxylic acids is 1. The molecule has 3 rings (SSSR count). The minimum atomic E-state index is -0.781. The van der Waals surface area contributed by atoms with Gasteiger partial charge in [0.25, 0.3) is 0 Å². The summed E-state index contributed by atoms with van der Waals surface area (Å²) in [6.45, 7) is 2.62. The minimum absolute atomic E-state index is 0.148. The average Bonchev–Trinajstić information content (AvgIpc) is 2.92. The fourth-order valence-corrected chi connectivity index (χ4v) is 3.22. The van der Waals surface area contributed by atoms with Crippen molar-refractivity contribution in [3.63, 3.8) is 0 Å². The van der Waals surface area contributed by atoms with Crippen LogP contribution in [0.4, 0.5) is 5.82 Å². The predicted molar refractivity (Wildman–Crippen MR) is 92.9 cm³/mol. The van der Waals surface area contributed by atoms with Crippen LogP contribution in [0.1, 0.15) is 17.7 Å². The summed E-state index contributed by atoms with van der Waals surface area (Å²) in [5, 5.41) is 13.0. The normalized spacial score (nSPS) is 10.8. The van der Waals surface area contributed by atoms with E-state index < -0.39 is 5.97 Å². The van der Waals surface area contributed by atoms with E-state index in [-0.39, 0.29) is 6.42 Å². The van der Waals surface area contributed by atoms with Crippen molar-refractivity contribution in [3.05, 3.63) is 41.3 Å². The van der Waals surface area contributed by atoms with E-state index in [2.05, 4.69) is 21.4 Å². The summed E-state index contributed by atoms with van der Waals surface area (Å²) in [5.41, 5.74) is 0.967. The zero-order valence-corrected chi connectivity index (χ0v) is 13.6. The number of thiophene rings is 1. The Hall–Kier alpha value is -2.47. The molecule has 0 amide bonds. The van der Waals surface area contributed by atoms with Gasteiger partial charge in [-0.2, -0.15) is 0 Å². The Morgan fingerprint density at radius 3 is 2.78 bits per heavy atom. The van der Waals surface area contributed by atoms with Gasteiger partial charge in [0, 0.05) is 23.4 Å². The molecule has 0 spiro atoms. The van der Waals surface area contributed by atoms with Crippen molar-refractivity contribution in [1.29, 1.82) is 0 Å². The summed E-state index contributed by atoms with van der Waals surface area (Å²) in [5.74, 6) is 0.667. The van der Waals surface area contributed by atoms with Crippen LogP contribution in [0.2, 0.25) is 0 Å².